The van der Waals surface area contributed by atoms with Crippen LogP contribution in [0.15, 0.2) is 12.1 Å². The number of carbonyl (C=O) groups is 1. The third kappa shape index (κ3) is 1.20. The van der Waals surface area contributed by atoms with Crippen LogP contribution >= 0.6 is 0 Å². The molecule has 68 valence electrons. The normalized spacial score (nSPS) is 14.5. The van der Waals surface area contributed by atoms with Gasteiger partial charge in [0, 0.05) is 12.5 Å². The number of benzene rings is 1. The molecule has 0 saturated carbocycles. The lowest BCUT2D eigenvalue weighted by Gasteiger charge is -2.03. The zero-order valence-corrected chi connectivity index (χ0v) is 7.26. The number of hydrogen-bond acceptors (Lipinski definition) is 2. The number of ether oxygens (including phenoxy) is 1. The van der Waals surface area contributed by atoms with Gasteiger partial charge in [-0.3, -0.25) is 4.79 Å². The van der Waals surface area contributed by atoms with Gasteiger partial charge in [0.2, 0.25) is 0 Å². The summed E-state index contributed by atoms with van der Waals surface area (Å²) >= 11 is 0. The zero-order valence-electron chi connectivity index (χ0n) is 7.26. The summed E-state index contributed by atoms with van der Waals surface area (Å²) in [7, 11) is 1.48. The molecule has 0 saturated heterocycles. The Balaban J connectivity index is 2.59. The molecule has 1 aromatic rings. The monoisotopic (exact) mass is 180 g/mol. The first-order valence-electron chi connectivity index (χ1n) is 4.12. The molecule has 2 nitrogen and oxygen atoms in total. The number of carbonyl (C=O) groups excluding carboxylic acids is 1. The average molecular weight is 180 g/mol. The molecule has 1 aliphatic rings. The fourth-order valence-corrected chi connectivity index (χ4v) is 1.64. The Kier molecular flexibility index (Phi) is 1.79. The van der Waals surface area contributed by atoms with E-state index >= 15 is 0 Å². The second kappa shape index (κ2) is 2.83. The molecule has 0 radical (unpaired) electrons. The molecular weight excluding hydrogens is 171 g/mol. The third-order valence-corrected chi connectivity index (χ3v) is 2.28. The molecule has 0 aliphatic heterocycles. The Morgan fingerprint density at radius 3 is 2.85 bits per heavy atom. The van der Waals surface area contributed by atoms with Gasteiger partial charge in [-0.05, 0) is 18.1 Å². The van der Waals surface area contributed by atoms with Gasteiger partial charge in [0.1, 0.15) is 11.6 Å². The summed E-state index contributed by atoms with van der Waals surface area (Å²) in [5.41, 5.74) is 1.02. The Morgan fingerprint density at radius 2 is 2.15 bits per heavy atom. The van der Waals surface area contributed by atoms with Crippen molar-refractivity contribution in [3.05, 3.63) is 29.1 Å². The van der Waals surface area contributed by atoms with Crippen molar-refractivity contribution >= 4 is 5.78 Å². The highest BCUT2D eigenvalue weighted by Gasteiger charge is 2.24. The number of ketones is 1. The second-order valence-electron chi connectivity index (χ2n) is 3.07. The SMILES string of the molecule is COc1cc(F)c2c(c1)CCC2=O. The average Bonchev–Trinajstić information content (AvgIpc) is 2.48. The zero-order chi connectivity index (χ0) is 9.42. The first-order chi connectivity index (χ1) is 6.22. The highest BCUT2D eigenvalue weighted by atomic mass is 19.1. The molecule has 0 amide bonds. The third-order valence-electron chi connectivity index (χ3n) is 2.28. The smallest absolute Gasteiger partial charge is 0.166 e. The van der Waals surface area contributed by atoms with Gasteiger partial charge in [-0.15, -0.1) is 0 Å². The molecule has 0 fully saturated rings. The van der Waals surface area contributed by atoms with Crippen molar-refractivity contribution in [2.75, 3.05) is 7.11 Å². The van der Waals surface area contributed by atoms with Crippen molar-refractivity contribution in [3.63, 3.8) is 0 Å². The van der Waals surface area contributed by atoms with Crippen molar-refractivity contribution in [1.29, 1.82) is 0 Å². The number of fused-ring (bicyclic) bond motifs is 1. The fraction of sp³-hybridized carbons (Fsp3) is 0.300. The Morgan fingerprint density at radius 1 is 1.38 bits per heavy atom. The highest BCUT2D eigenvalue weighted by Crippen LogP contribution is 2.28. The van der Waals surface area contributed by atoms with Crippen LogP contribution in [0.2, 0.25) is 0 Å². The van der Waals surface area contributed by atoms with Crippen molar-refractivity contribution < 1.29 is 13.9 Å². The topological polar surface area (TPSA) is 26.3 Å². The van der Waals surface area contributed by atoms with Gasteiger partial charge in [-0.25, -0.2) is 4.39 Å². The van der Waals surface area contributed by atoms with E-state index in [2.05, 4.69) is 0 Å². The van der Waals surface area contributed by atoms with Crippen LogP contribution in [0.4, 0.5) is 4.39 Å². The Hall–Kier alpha value is -1.38. The number of rotatable bonds is 1. The molecule has 0 aromatic heterocycles. The van der Waals surface area contributed by atoms with E-state index in [1.165, 1.54) is 13.2 Å². The van der Waals surface area contributed by atoms with Gasteiger partial charge in [0.25, 0.3) is 0 Å². The van der Waals surface area contributed by atoms with Gasteiger partial charge in [0.15, 0.2) is 5.78 Å². The predicted octanol–water partition coefficient (Wildman–Crippen LogP) is 1.96. The minimum Gasteiger partial charge on any atom is -0.497 e. The molecule has 0 unspecified atom stereocenters. The van der Waals surface area contributed by atoms with Crippen LogP contribution < -0.4 is 4.74 Å². The van der Waals surface area contributed by atoms with Crippen LogP contribution in [0.3, 0.4) is 0 Å². The van der Waals surface area contributed by atoms with Gasteiger partial charge < -0.3 is 4.74 Å². The molecule has 3 heteroatoms. The molecule has 0 N–H and O–H groups in total. The van der Waals surface area contributed by atoms with Crippen LogP contribution in [0.5, 0.6) is 5.75 Å². The van der Waals surface area contributed by atoms with Gasteiger partial charge in [-0.2, -0.15) is 0 Å². The molecule has 1 aromatic carbocycles. The molecule has 0 bridgehead atoms. The standard InChI is InChI=1S/C10H9FO2/c1-13-7-4-6-2-3-9(12)10(6)8(11)5-7/h4-5H,2-3H2,1H3. The lowest BCUT2D eigenvalue weighted by atomic mass is 10.1. The van der Waals surface area contributed by atoms with E-state index in [9.17, 15) is 9.18 Å². The predicted molar refractivity (Wildman–Crippen MR) is 45.6 cm³/mol. The molecular formula is C10H9FO2. The number of Topliss-reactive ketones (excluding diaryl/α,β-unsaturated/α-hetero) is 1. The van der Waals surface area contributed by atoms with E-state index in [0.29, 0.717) is 18.6 Å². The van der Waals surface area contributed by atoms with Crippen LogP contribution in [-0.4, -0.2) is 12.9 Å². The number of hydrogen-bond donors (Lipinski definition) is 0. The van der Waals surface area contributed by atoms with E-state index in [1.807, 2.05) is 0 Å². The molecule has 0 spiro atoms. The van der Waals surface area contributed by atoms with E-state index < -0.39 is 5.82 Å². The Labute approximate surface area is 75.3 Å². The van der Waals surface area contributed by atoms with Crippen molar-refractivity contribution in [2.24, 2.45) is 0 Å². The highest BCUT2D eigenvalue weighted by molar-refractivity contribution is 6.00. The molecule has 0 heterocycles. The molecule has 13 heavy (non-hydrogen) atoms. The Bertz CT molecular complexity index is 371. The first kappa shape index (κ1) is 8.23. The summed E-state index contributed by atoms with van der Waals surface area (Å²) in [4.78, 5) is 11.2. The minimum absolute atomic E-state index is 0.102. The van der Waals surface area contributed by atoms with Crippen molar-refractivity contribution in [3.8, 4) is 5.75 Å². The molecule has 1 aliphatic carbocycles. The number of aryl methyl sites for hydroxylation is 1. The van der Waals surface area contributed by atoms with Crippen LogP contribution in [0.1, 0.15) is 22.3 Å². The second-order valence-corrected chi connectivity index (χ2v) is 3.07. The molecule has 2 rings (SSSR count). The van der Waals surface area contributed by atoms with Crippen LogP contribution in [0, 0.1) is 5.82 Å². The minimum atomic E-state index is -0.461. The lowest BCUT2D eigenvalue weighted by molar-refractivity contribution is 0.0991. The number of methoxy groups -OCH3 is 1. The summed E-state index contributed by atoms with van der Waals surface area (Å²) < 4.78 is 18.2. The number of halogens is 1. The lowest BCUT2D eigenvalue weighted by Crippen LogP contribution is -1.97. The van der Waals surface area contributed by atoms with E-state index in [1.54, 1.807) is 6.07 Å². The summed E-state index contributed by atoms with van der Waals surface area (Å²) in [5, 5.41) is 0. The van der Waals surface area contributed by atoms with Crippen LogP contribution in [-0.2, 0) is 6.42 Å². The van der Waals surface area contributed by atoms with Crippen molar-refractivity contribution in [1.82, 2.24) is 0 Å². The maximum Gasteiger partial charge on any atom is 0.166 e. The van der Waals surface area contributed by atoms with E-state index in [0.717, 1.165) is 5.56 Å². The van der Waals surface area contributed by atoms with Crippen LogP contribution in [0.25, 0.3) is 0 Å². The molecule has 0 atom stereocenters. The van der Waals surface area contributed by atoms with Gasteiger partial charge >= 0.3 is 0 Å². The first-order valence-corrected chi connectivity index (χ1v) is 4.12. The fourth-order valence-electron chi connectivity index (χ4n) is 1.64. The van der Waals surface area contributed by atoms with E-state index in [-0.39, 0.29) is 11.3 Å². The summed E-state index contributed by atoms with van der Waals surface area (Å²) in [6.45, 7) is 0. The van der Waals surface area contributed by atoms with Crippen molar-refractivity contribution in [2.45, 2.75) is 12.8 Å². The quantitative estimate of drug-likeness (QED) is 0.660. The summed E-state index contributed by atoms with van der Waals surface area (Å²) in [6.07, 6.45) is 1.04. The summed E-state index contributed by atoms with van der Waals surface area (Å²) in [5.74, 6) is -0.0852. The summed E-state index contributed by atoms with van der Waals surface area (Å²) in [6, 6.07) is 2.98. The largest absolute Gasteiger partial charge is 0.497 e. The van der Waals surface area contributed by atoms with Gasteiger partial charge in [0.05, 0.1) is 12.7 Å². The maximum absolute atomic E-state index is 13.3. The van der Waals surface area contributed by atoms with E-state index in [4.69, 9.17) is 4.74 Å². The van der Waals surface area contributed by atoms with Gasteiger partial charge in [-0.1, -0.05) is 0 Å². The maximum atomic E-state index is 13.3.